The first kappa shape index (κ1) is 19.9. The third kappa shape index (κ3) is 4.73. The van der Waals surface area contributed by atoms with Crippen molar-refractivity contribution < 1.29 is 19.1 Å². The highest BCUT2D eigenvalue weighted by atomic mass is 16.5. The number of nitrogens with zero attached hydrogens (tertiary/aromatic N) is 2. The normalized spacial score (nSPS) is 10.4. The summed E-state index contributed by atoms with van der Waals surface area (Å²) in [5.74, 6) is -1.34. The van der Waals surface area contributed by atoms with E-state index in [9.17, 15) is 14.4 Å². The number of rotatable bonds is 5. The lowest BCUT2D eigenvalue weighted by atomic mass is 10.2. The van der Waals surface area contributed by atoms with Crippen LogP contribution in [-0.4, -0.2) is 41.4 Å². The van der Waals surface area contributed by atoms with E-state index in [1.807, 2.05) is 13.8 Å². The van der Waals surface area contributed by atoms with Crippen LogP contribution in [0.1, 0.15) is 32.1 Å². The van der Waals surface area contributed by atoms with Gasteiger partial charge < -0.3 is 15.4 Å². The molecule has 1 aromatic heterocycles. The van der Waals surface area contributed by atoms with Gasteiger partial charge in [0.15, 0.2) is 6.61 Å². The summed E-state index contributed by atoms with van der Waals surface area (Å²) in [4.78, 5) is 44.6. The number of fused-ring (bicyclic) bond motifs is 1. The van der Waals surface area contributed by atoms with E-state index in [0.717, 1.165) is 11.4 Å². The number of amides is 2. The maximum absolute atomic E-state index is 12.3. The first-order valence-corrected chi connectivity index (χ1v) is 8.91. The second-order valence-corrected chi connectivity index (χ2v) is 6.38. The van der Waals surface area contributed by atoms with Crippen LogP contribution in [0.3, 0.4) is 0 Å². The van der Waals surface area contributed by atoms with Gasteiger partial charge >= 0.3 is 5.97 Å². The monoisotopic (exact) mass is 392 g/mol. The number of nitrogens with one attached hydrogen (secondary N) is 2. The quantitative estimate of drug-likeness (QED) is 0.645. The fourth-order valence-electron chi connectivity index (χ4n) is 2.62. The zero-order valence-electron chi connectivity index (χ0n) is 16.3. The molecule has 0 aliphatic heterocycles. The van der Waals surface area contributed by atoms with Gasteiger partial charge in [-0.25, -0.2) is 14.8 Å². The second kappa shape index (κ2) is 8.47. The summed E-state index contributed by atoms with van der Waals surface area (Å²) in [6, 6.07) is 11.2. The first-order valence-electron chi connectivity index (χ1n) is 8.91. The molecule has 0 saturated heterocycles. The zero-order chi connectivity index (χ0) is 21.0. The molecule has 0 aliphatic carbocycles. The molecule has 148 valence electrons. The van der Waals surface area contributed by atoms with Gasteiger partial charge in [0.25, 0.3) is 11.8 Å². The second-order valence-electron chi connectivity index (χ2n) is 6.38. The SMILES string of the molecule is CNC(=O)c1ccc(NC(=O)COC(=O)c2ccc3nc(C)c(C)nc3c2)cc1. The van der Waals surface area contributed by atoms with E-state index in [2.05, 4.69) is 20.6 Å². The van der Waals surface area contributed by atoms with Gasteiger partial charge in [-0.15, -0.1) is 0 Å². The molecule has 0 saturated carbocycles. The van der Waals surface area contributed by atoms with Gasteiger partial charge in [-0.05, 0) is 56.3 Å². The molecule has 3 rings (SSSR count). The first-order chi connectivity index (χ1) is 13.9. The minimum atomic E-state index is -0.628. The summed E-state index contributed by atoms with van der Waals surface area (Å²) in [6.07, 6.45) is 0. The summed E-state index contributed by atoms with van der Waals surface area (Å²) in [7, 11) is 1.54. The Morgan fingerprint density at radius 3 is 2.17 bits per heavy atom. The van der Waals surface area contributed by atoms with Crippen LogP contribution in [0.5, 0.6) is 0 Å². The molecule has 2 aromatic carbocycles. The summed E-state index contributed by atoms with van der Waals surface area (Å²) < 4.78 is 5.08. The van der Waals surface area contributed by atoms with Crippen LogP contribution in [-0.2, 0) is 9.53 Å². The number of benzene rings is 2. The molecule has 0 aliphatic rings. The molecule has 0 atom stereocenters. The summed E-state index contributed by atoms with van der Waals surface area (Å²) >= 11 is 0. The largest absolute Gasteiger partial charge is 0.452 e. The van der Waals surface area contributed by atoms with Gasteiger partial charge in [-0.2, -0.15) is 0 Å². The maximum Gasteiger partial charge on any atom is 0.338 e. The van der Waals surface area contributed by atoms with Crippen molar-refractivity contribution in [2.24, 2.45) is 0 Å². The Morgan fingerprint density at radius 1 is 0.897 bits per heavy atom. The van der Waals surface area contributed by atoms with Crippen molar-refractivity contribution in [2.45, 2.75) is 13.8 Å². The molecular weight excluding hydrogens is 372 g/mol. The Bertz CT molecular complexity index is 1090. The Kier molecular flexibility index (Phi) is 5.82. The maximum atomic E-state index is 12.3. The van der Waals surface area contributed by atoms with Gasteiger partial charge in [0.1, 0.15) is 0 Å². The molecule has 1 heterocycles. The Hall–Kier alpha value is -3.81. The minimum Gasteiger partial charge on any atom is -0.452 e. The van der Waals surface area contributed by atoms with E-state index < -0.39 is 18.5 Å². The van der Waals surface area contributed by atoms with Crippen molar-refractivity contribution in [3.8, 4) is 0 Å². The number of aryl methyl sites for hydroxylation is 2. The summed E-state index contributed by atoms with van der Waals surface area (Å²) in [5, 5.41) is 5.12. The average molecular weight is 392 g/mol. The standard InChI is InChI=1S/C21H20N4O4/c1-12-13(2)24-18-10-15(6-9-17(18)23-12)21(28)29-11-19(26)25-16-7-4-14(5-8-16)20(27)22-3/h4-10H,11H2,1-3H3,(H,22,27)(H,25,26). The van der Waals surface area contributed by atoms with Crippen molar-refractivity contribution >= 4 is 34.5 Å². The van der Waals surface area contributed by atoms with Crippen LogP contribution >= 0.6 is 0 Å². The number of ether oxygens (including phenoxy) is 1. The summed E-state index contributed by atoms with van der Waals surface area (Å²) in [5.41, 5.74) is 4.13. The molecule has 0 unspecified atom stereocenters. The number of aromatic nitrogens is 2. The highest BCUT2D eigenvalue weighted by molar-refractivity contribution is 5.98. The van der Waals surface area contributed by atoms with Crippen molar-refractivity contribution in [3.05, 3.63) is 65.0 Å². The van der Waals surface area contributed by atoms with Gasteiger partial charge in [0, 0.05) is 18.3 Å². The van der Waals surface area contributed by atoms with Gasteiger partial charge in [0.2, 0.25) is 0 Å². The molecule has 2 amide bonds. The number of hydrogen-bond donors (Lipinski definition) is 2. The molecular formula is C21H20N4O4. The molecule has 8 heteroatoms. The van der Waals surface area contributed by atoms with E-state index in [-0.39, 0.29) is 11.5 Å². The van der Waals surface area contributed by atoms with Crippen LogP contribution < -0.4 is 10.6 Å². The van der Waals surface area contributed by atoms with E-state index >= 15 is 0 Å². The lowest BCUT2D eigenvalue weighted by molar-refractivity contribution is -0.119. The fourth-order valence-corrected chi connectivity index (χ4v) is 2.62. The van der Waals surface area contributed by atoms with E-state index in [0.29, 0.717) is 22.3 Å². The van der Waals surface area contributed by atoms with Crippen LogP contribution in [0.4, 0.5) is 5.69 Å². The van der Waals surface area contributed by atoms with Crippen molar-refractivity contribution in [2.75, 3.05) is 19.0 Å². The number of carbonyl (C=O) groups is 3. The molecule has 8 nitrogen and oxygen atoms in total. The molecule has 2 N–H and O–H groups in total. The molecule has 0 spiro atoms. The van der Waals surface area contributed by atoms with Crippen LogP contribution in [0.25, 0.3) is 11.0 Å². The third-order valence-corrected chi connectivity index (χ3v) is 4.30. The van der Waals surface area contributed by atoms with Gasteiger partial charge in [-0.1, -0.05) is 0 Å². The molecule has 0 bridgehead atoms. The van der Waals surface area contributed by atoms with Crippen molar-refractivity contribution in [1.82, 2.24) is 15.3 Å². The number of carbonyl (C=O) groups excluding carboxylic acids is 3. The highest BCUT2D eigenvalue weighted by Crippen LogP contribution is 2.15. The van der Waals surface area contributed by atoms with E-state index in [4.69, 9.17) is 4.74 Å². The topological polar surface area (TPSA) is 110 Å². The lowest BCUT2D eigenvalue weighted by Crippen LogP contribution is -2.21. The predicted octanol–water partition coefficient (Wildman–Crippen LogP) is 2.40. The number of hydrogen-bond acceptors (Lipinski definition) is 6. The Labute approximate surface area is 167 Å². The van der Waals surface area contributed by atoms with Gasteiger partial charge in [0.05, 0.1) is 28.0 Å². The molecule has 29 heavy (non-hydrogen) atoms. The fraction of sp³-hybridized carbons (Fsp3) is 0.190. The lowest BCUT2D eigenvalue weighted by Gasteiger charge is -2.08. The van der Waals surface area contributed by atoms with Crippen LogP contribution in [0, 0.1) is 13.8 Å². The Morgan fingerprint density at radius 2 is 1.52 bits per heavy atom. The highest BCUT2D eigenvalue weighted by Gasteiger charge is 2.13. The van der Waals surface area contributed by atoms with E-state index in [1.165, 1.54) is 7.05 Å². The van der Waals surface area contributed by atoms with E-state index in [1.54, 1.807) is 42.5 Å². The zero-order valence-corrected chi connectivity index (χ0v) is 16.3. The van der Waals surface area contributed by atoms with Crippen LogP contribution in [0.2, 0.25) is 0 Å². The number of esters is 1. The third-order valence-electron chi connectivity index (χ3n) is 4.30. The minimum absolute atomic E-state index is 0.220. The Balaban J connectivity index is 1.60. The number of anilines is 1. The average Bonchev–Trinajstić information content (AvgIpc) is 2.72. The van der Waals surface area contributed by atoms with Gasteiger partial charge in [-0.3, -0.25) is 9.59 Å². The molecule has 3 aromatic rings. The van der Waals surface area contributed by atoms with Crippen molar-refractivity contribution in [3.63, 3.8) is 0 Å². The molecule has 0 radical (unpaired) electrons. The van der Waals surface area contributed by atoms with Crippen molar-refractivity contribution in [1.29, 1.82) is 0 Å². The summed E-state index contributed by atoms with van der Waals surface area (Å²) in [6.45, 7) is 3.28. The smallest absolute Gasteiger partial charge is 0.338 e. The molecule has 0 fully saturated rings. The predicted molar refractivity (Wildman–Crippen MR) is 108 cm³/mol. The van der Waals surface area contributed by atoms with Crippen LogP contribution in [0.15, 0.2) is 42.5 Å².